The van der Waals surface area contributed by atoms with E-state index in [0.29, 0.717) is 12.4 Å². The molecule has 0 amide bonds. The minimum atomic E-state index is 0.361. The SMILES string of the molecule is CC.CCn1nnc(CN)n1. The summed E-state index contributed by atoms with van der Waals surface area (Å²) in [5.74, 6) is 0.594. The standard InChI is InChI=1S/C4H9N5.C2H6/c1-2-9-7-4(3-5)6-8-9;1-2/h2-3,5H2,1H3;1-2H3. The smallest absolute Gasteiger partial charge is 0.188 e. The molecule has 0 aromatic carbocycles. The molecule has 0 spiro atoms. The minimum Gasteiger partial charge on any atom is -0.324 e. The molecule has 0 aliphatic carbocycles. The second-order valence-corrected chi connectivity index (χ2v) is 1.60. The molecule has 1 aromatic rings. The molecule has 5 heteroatoms. The first kappa shape index (κ1) is 10.0. The molecule has 11 heavy (non-hydrogen) atoms. The molecule has 1 aromatic heterocycles. The predicted octanol–water partition coefficient (Wildman–Crippen LogP) is 0.178. The summed E-state index contributed by atoms with van der Waals surface area (Å²) < 4.78 is 0. The second-order valence-electron chi connectivity index (χ2n) is 1.60. The number of tetrazole rings is 1. The van der Waals surface area contributed by atoms with Gasteiger partial charge in [-0.15, -0.1) is 10.2 Å². The highest BCUT2D eigenvalue weighted by Crippen LogP contribution is 1.81. The number of nitrogens with zero attached hydrogens (tertiary/aromatic N) is 4. The van der Waals surface area contributed by atoms with Gasteiger partial charge in [-0.05, 0) is 12.1 Å². The van der Waals surface area contributed by atoms with Crippen LogP contribution in [-0.4, -0.2) is 20.2 Å². The molecule has 1 heterocycles. The van der Waals surface area contributed by atoms with Crippen molar-refractivity contribution in [3.63, 3.8) is 0 Å². The molecule has 0 saturated carbocycles. The predicted molar refractivity (Wildman–Crippen MR) is 42.7 cm³/mol. The van der Waals surface area contributed by atoms with E-state index in [2.05, 4.69) is 15.4 Å². The molecule has 0 radical (unpaired) electrons. The van der Waals surface area contributed by atoms with E-state index < -0.39 is 0 Å². The fraction of sp³-hybridized carbons (Fsp3) is 0.833. The van der Waals surface area contributed by atoms with Gasteiger partial charge in [0, 0.05) is 0 Å². The monoisotopic (exact) mass is 157 g/mol. The average Bonchev–Trinajstić information content (AvgIpc) is 2.55. The van der Waals surface area contributed by atoms with Crippen molar-refractivity contribution in [2.75, 3.05) is 0 Å². The highest BCUT2D eigenvalue weighted by Gasteiger charge is 1.95. The summed E-state index contributed by atoms with van der Waals surface area (Å²) in [4.78, 5) is 1.50. The third-order valence-corrected chi connectivity index (χ3v) is 0.960. The van der Waals surface area contributed by atoms with Crippen LogP contribution in [0, 0.1) is 0 Å². The number of aromatic nitrogens is 4. The molecular formula is C6H15N5. The average molecular weight is 157 g/mol. The van der Waals surface area contributed by atoms with Gasteiger partial charge >= 0.3 is 0 Å². The van der Waals surface area contributed by atoms with Crippen LogP contribution < -0.4 is 5.73 Å². The number of aryl methyl sites for hydroxylation is 1. The quantitative estimate of drug-likeness (QED) is 0.664. The van der Waals surface area contributed by atoms with Gasteiger partial charge in [-0.1, -0.05) is 13.8 Å². The first-order valence-corrected chi connectivity index (χ1v) is 3.83. The zero-order valence-electron chi connectivity index (χ0n) is 7.28. The Labute approximate surface area is 66.6 Å². The highest BCUT2D eigenvalue weighted by atomic mass is 15.6. The zero-order valence-corrected chi connectivity index (χ0v) is 7.28. The topological polar surface area (TPSA) is 69.6 Å². The van der Waals surface area contributed by atoms with Crippen molar-refractivity contribution >= 4 is 0 Å². The molecule has 0 fully saturated rings. The molecular weight excluding hydrogens is 142 g/mol. The lowest BCUT2D eigenvalue weighted by Gasteiger charge is -1.84. The molecule has 0 aliphatic heterocycles. The van der Waals surface area contributed by atoms with Crippen LogP contribution in [0.5, 0.6) is 0 Å². The number of rotatable bonds is 2. The van der Waals surface area contributed by atoms with E-state index in [0.717, 1.165) is 6.54 Å². The third kappa shape index (κ3) is 3.08. The van der Waals surface area contributed by atoms with Gasteiger partial charge < -0.3 is 5.73 Å². The molecule has 2 N–H and O–H groups in total. The Morgan fingerprint density at radius 3 is 2.36 bits per heavy atom. The van der Waals surface area contributed by atoms with Gasteiger partial charge in [0.1, 0.15) is 0 Å². The van der Waals surface area contributed by atoms with Crippen molar-refractivity contribution in [2.24, 2.45) is 5.73 Å². The normalized spacial score (nSPS) is 8.73. The van der Waals surface area contributed by atoms with Crippen LogP contribution in [0.4, 0.5) is 0 Å². The zero-order chi connectivity index (χ0) is 8.69. The fourth-order valence-electron chi connectivity index (χ4n) is 0.492. The van der Waals surface area contributed by atoms with Crippen LogP contribution in [0.1, 0.15) is 26.6 Å². The lowest BCUT2D eigenvalue weighted by Crippen LogP contribution is -2.01. The van der Waals surface area contributed by atoms with Crippen LogP contribution in [0.15, 0.2) is 0 Å². The lowest BCUT2D eigenvalue weighted by molar-refractivity contribution is 0.550. The number of nitrogens with two attached hydrogens (primary N) is 1. The van der Waals surface area contributed by atoms with E-state index in [9.17, 15) is 0 Å². The molecule has 0 aliphatic rings. The summed E-state index contributed by atoms with van der Waals surface area (Å²) in [7, 11) is 0. The molecule has 0 saturated heterocycles. The van der Waals surface area contributed by atoms with E-state index in [4.69, 9.17) is 5.73 Å². The van der Waals surface area contributed by atoms with Gasteiger partial charge in [0.25, 0.3) is 0 Å². The van der Waals surface area contributed by atoms with E-state index >= 15 is 0 Å². The van der Waals surface area contributed by atoms with Gasteiger partial charge in [0.05, 0.1) is 13.1 Å². The summed E-state index contributed by atoms with van der Waals surface area (Å²) in [6.07, 6.45) is 0. The van der Waals surface area contributed by atoms with Crippen LogP contribution in [0.2, 0.25) is 0 Å². The van der Waals surface area contributed by atoms with E-state index in [1.165, 1.54) is 4.80 Å². The summed E-state index contributed by atoms with van der Waals surface area (Å²) in [6, 6.07) is 0. The Balaban J connectivity index is 0.000000461. The van der Waals surface area contributed by atoms with Gasteiger partial charge in [-0.3, -0.25) is 0 Å². The first-order chi connectivity index (χ1) is 5.36. The molecule has 0 atom stereocenters. The maximum absolute atomic E-state index is 5.24. The molecule has 64 valence electrons. The minimum absolute atomic E-state index is 0.361. The Morgan fingerprint density at radius 1 is 1.45 bits per heavy atom. The highest BCUT2D eigenvalue weighted by molar-refractivity contribution is 4.72. The Bertz CT molecular complexity index is 164. The number of hydrogen-bond donors (Lipinski definition) is 1. The molecule has 0 bridgehead atoms. The first-order valence-electron chi connectivity index (χ1n) is 3.83. The van der Waals surface area contributed by atoms with Crippen molar-refractivity contribution in [3.8, 4) is 0 Å². The number of hydrogen-bond acceptors (Lipinski definition) is 4. The van der Waals surface area contributed by atoms with Gasteiger partial charge in [-0.25, -0.2) is 0 Å². The fourth-order valence-corrected chi connectivity index (χ4v) is 0.492. The summed E-state index contributed by atoms with van der Waals surface area (Å²) in [5.41, 5.74) is 5.24. The Morgan fingerprint density at radius 2 is 2.09 bits per heavy atom. The van der Waals surface area contributed by atoms with E-state index in [1.54, 1.807) is 0 Å². The van der Waals surface area contributed by atoms with Crippen molar-refractivity contribution in [3.05, 3.63) is 5.82 Å². The maximum Gasteiger partial charge on any atom is 0.188 e. The maximum atomic E-state index is 5.24. The summed E-state index contributed by atoms with van der Waals surface area (Å²) in [6.45, 7) is 7.05. The van der Waals surface area contributed by atoms with Gasteiger partial charge in [0.2, 0.25) is 0 Å². The lowest BCUT2D eigenvalue weighted by atomic mass is 10.6. The van der Waals surface area contributed by atoms with Crippen LogP contribution in [-0.2, 0) is 13.1 Å². The van der Waals surface area contributed by atoms with Crippen molar-refractivity contribution in [1.29, 1.82) is 0 Å². The van der Waals surface area contributed by atoms with Crippen molar-refractivity contribution < 1.29 is 0 Å². The summed E-state index contributed by atoms with van der Waals surface area (Å²) in [5, 5.41) is 11.3. The molecule has 5 nitrogen and oxygen atoms in total. The van der Waals surface area contributed by atoms with Gasteiger partial charge in [-0.2, -0.15) is 4.80 Å². The van der Waals surface area contributed by atoms with Crippen molar-refractivity contribution in [1.82, 2.24) is 20.2 Å². The molecule has 0 unspecified atom stereocenters. The Kier molecular flexibility index (Phi) is 5.28. The van der Waals surface area contributed by atoms with Crippen LogP contribution in [0.25, 0.3) is 0 Å². The van der Waals surface area contributed by atoms with E-state index in [-0.39, 0.29) is 0 Å². The second kappa shape index (κ2) is 5.79. The van der Waals surface area contributed by atoms with Gasteiger partial charge in [0.15, 0.2) is 5.82 Å². The van der Waals surface area contributed by atoms with E-state index in [1.807, 2.05) is 20.8 Å². The van der Waals surface area contributed by atoms with Crippen LogP contribution >= 0.6 is 0 Å². The Hall–Kier alpha value is -0.970. The summed E-state index contributed by atoms with van der Waals surface area (Å²) >= 11 is 0. The largest absolute Gasteiger partial charge is 0.324 e. The van der Waals surface area contributed by atoms with Crippen LogP contribution in [0.3, 0.4) is 0 Å². The van der Waals surface area contributed by atoms with Crippen molar-refractivity contribution in [2.45, 2.75) is 33.9 Å². The molecule has 1 rings (SSSR count). The third-order valence-electron chi connectivity index (χ3n) is 0.960.